The summed E-state index contributed by atoms with van der Waals surface area (Å²) in [5.74, 6) is 5.68. The summed E-state index contributed by atoms with van der Waals surface area (Å²) in [6, 6.07) is 4.73. The number of pyridine rings is 1. The van der Waals surface area contributed by atoms with Crippen LogP contribution in [0.1, 0.15) is 11.5 Å². The molecule has 0 aliphatic carbocycles. The average Bonchev–Trinajstić information content (AvgIpc) is 2.84. The zero-order valence-electron chi connectivity index (χ0n) is 10.6. The number of nitrogens with zero attached hydrogens (tertiary/aromatic N) is 2. The summed E-state index contributed by atoms with van der Waals surface area (Å²) in [6.07, 6.45) is 1.23. The predicted octanol–water partition coefficient (Wildman–Crippen LogP) is 0.258. The van der Waals surface area contributed by atoms with E-state index in [2.05, 4.69) is 31.5 Å². The third-order valence-electron chi connectivity index (χ3n) is 2.25. The van der Waals surface area contributed by atoms with Crippen molar-refractivity contribution in [2.45, 2.75) is 11.9 Å². The Morgan fingerprint density at radius 2 is 2.25 bits per heavy atom. The lowest BCUT2D eigenvalue weighted by molar-refractivity contribution is 0.350. The predicted molar refractivity (Wildman–Crippen MR) is 72.3 cm³/mol. The molecule has 0 radical (unpaired) electrons. The topological polar surface area (TPSA) is 108 Å². The fourth-order valence-corrected chi connectivity index (χ4v) is 2.39. The van der Waals surface area contributed by atoms with E-state index in [-0.39, 0.29) is 17.5 Å². The van der Waals surface area contributed by atoms with Crippen LogP contribution in [0.4, 0.5) is 5.82 Å². The molecule has 0 aromatic carbocycles. The number of aromatic amines is 1. The molecule has 2 rings (SSSR count). The van der Waals surface area contributed by atoms with Crippen molar-refractivity contribution in [1.82, 2.24) is 15.0 Å². The van der Waals surface area contributed by atoms with Crippen molar-refractivity contribution in [2.75, 3.05) is 11.3 Å². The third-order valence-corrected chi connectivity index (χ3v) is 3.52. The fraction of sp³-hybridized carbons (Fsp3) is 0.167. The Kier molecular flexibility index (Phi) is 4.02. The van der Waals surface area contributed by atoms with Gasteiger partial charge in [-0.05, 0) is 25.0 Å². The van der Waals surface area contributed by atoms with Gasteiger partial charge in [-0.3, -0.25) is 4.72 Å². The number of aliphatic hydroxyl groups excluding tert-OH is 1. The van der Waals surface area contributed by atoms with Gasteiger partial charge in [0.15, 0.2) is 5.03 Å². The lowest BCUT2D eigenvalue weighted by Crippen LogP contribution is -2.14. The number of hydrogen-bond acceptors (Lipinski definition) is 5. The van der Waals surface area contributed by atoms with Crippen LogP contribution in [0.2, 0.25) is 0 Å². The minimum atomic E-state index is -3.76. The standard InChI is InChI=1S/C12H12N4O3S/c1-9-13-8-12(14-9)20(18,19)16-11-6-2-4-10(15-11)5-3-7-17/h2,4,6,8,17H,7H2,1H3,(H,13,14)(H,15,16). The number of aliphatic hydroxyl groups is 1. The highest BCUT2D eigenvalue weighted by molar-refractivity contribution is 7.92. The molecule has 8 heteroatoms. The van der Waals surface area contributed by atoms with Crippen LogP contribution in [-0.2, 0) is 10.0 Å². The van der Waals surface area contributed by atoms with Gasteiger partial charge in [0.05, 0.1) is 6.20 Å². The van der Waals surface area contributed by atoms with Crippen molar-refractivity contribution >= 4 is 15.8 Å². The summed E-state index contributed by atoms with van der Waals surface area (Å²) >= 11 is 0. The van der Waals surface area contributed by atoms with E-state index in [1.807, 2.05) is 0 Å². The molecule has 0 atom stereocenters. The van der Waals surface area contributed by atoms with Crippen LogP contribution in [0.25, 0.3) is 0 Å². The molecule has 2 aromatic heterocycles. The van der Waals surface area contributed by atoms with Gasteiger partial charge in [-0.1, -0.05) is 12.0 Å². The van der Waals surface area contributed by atoms with Crippen LogP contribution < -0.4 is 4.72 Å². The first-order valence-corrected chi connectivity index (χ1v) is 7.11. The summed E-state index contributed by atoms with van der Waals surface area (Å²) in [5.41, 5.74) is 0.361. The first-order chi connectivity index (χ1) is 9.51. The van der Waals surface area contributed by atoms with Crippen molar-refractivity contribution < 1.29 is 13.5 Å². The van der Waals surface area contributed by atoms with Crippen LogP contribution in [0.5, 0.6) is 0 Å². The largest absolute Gasteiger partial charge is 0.384 e. The Bertz CT molecular complexity index is 771. The van der Waals surface area contributed by atoms with Crippen LogP contribution in [0, 0.1) is 18.8 Å². The third kappa shape index (κ3) is 3.34. The first kappa shape index (κ1) is 14.0. The lowest BCUT2D eigenvalue weighted by atomic mass is 10.3. The van der Waals surface area contributed by atoms with Crippen LogP contribution in [-0.4, -0.2) is 35.1 Å². The highest BCUT2D eigenvalue weighted by Crippen LogP contribution is 2.12. The molecule has 0 saturated carbocycles. The van der Waals surface area contributed by atoms with Gasteiger partial charge < -0.3 is 10.1 Å². The number of rotatable bonds is 3. The van der Waals surface area contributed by atoms with Gasteiger partial charge in [0.1, 0.15) is 23.9 Å². The number of sulfonamides is 1. The maximum Gasteiger partial charge on any atom is 0.280 e. The number of imidazole rings is 1. The van der Waals surface area contributed by atoms with Gasteiger partial charge in [0.25, 0.3) is 10.0 Å². The van der Waals surface area contributed by atoms with Crippen LogP contribution in [0.3, 0.4) is 0 Å². The van der Waals surface area contributed by atoms with Crippen molar-refractivity contribution in [3.8, 4) is 11.8 Å². The zero-order valence-corrected chi connectivity index (χ0v) is 11.4. The molecular weight excluding hydrogens is 280 g/mol. The van der Waals surface area contributed by atoms with Crippen molar-refractivity contribution in [3.05, 3.63) is 35.9 Å². The van der Waals surface area contributed by atoms with E-state index in [0.29, 0.717) is 11.5 Å². The van der Waals surface area contributed by atoms with Crippen molar-refractivity contribution in [2.24, 2.45) is 0 Å². The van der Waals surface area contributed by atoms with Gasteiger partial charge in [0, 0.05) is 0 Å². The molecule has 2 aromatic rings. The van der Waals surface area contributed by atoms with Gasteiger partial charge in [0.2, 0.25) is 0 Å². The highest BCUT2D eigenvalue weighted by Gasteiger charge is 2.17. The Balaban J connectivity index is 2.25. The molecule has 0 fully saturated rings. The number of H-pyrrole nitrogens is 1. The minimum Gasteiger partial charge on any atom is -0.384 e. The molecule has 0 spiro atoms. The second-order valence-corrected chi connectivity index (χ2v) is 5.46. The molecule has 0 aliphatic heterocycles. The molecule has 7 nitrogen and oxygen atoms in total. The maximum absolute atomic E-state index is 12.0. The van der Waals surface area contributed by atoms with Gasteiger partial charge in [-0.25, -0.2) is 9.97 Å². The van der Waals surface area contributed by atoms with E-state index in [1.165, 1.54) is 12.3 Å². The Labute approximate surface area is 116 Å². The Morgan fingerprint density at radius 1 is 1.45 bits per heavy atom. The molecule has 2 heterocycles. The first-order valence-electron chi connectivity index (χ1n) is 5.62. The SMILES string of the molecule is Cc1ncc(S(=O)(=O)Nc2cccc(C#CCO)n2)[nH]1. The minimum absolute atomic E-state index is 0.0383. The van der Waals surface area contributed by atoms with E-state index in [1.54, 1.807) is 19.1 Å². The highest BCUT2D eigenvalue weighted by atomic mass is 32.2. The summed E-state index contributed by atoms with van der Waals surface area (Å²) in [7, 11) is -3.76. The molecule has 0 bridgehead atoms. The molecule has 3 N–H and O–H groups in total. The maximum atomic E-state index is 12.0. The normalized spacial score (nSPS) is 10.7. The number of aryl methyl sites for hydroxylation is 1. The van der Waals surface area contributed by atoms with E-state index >= 15 is 0 Å². The summed E-state index contributed by atoms with van der Waals surface area (Å²) in [5, 5.41) is 8.57. The van der Waals surface area contributed by atoms with Gasteiger partial charge in [-0.15, -0.1) is 0 Å². The summed E-state index contributed by atoms with van der Waals surface area (Å²) < 4.78 is 26.4. The van der Waals surface area contributed by atoms with Crippen LogP contribution in [0.15, 0.2) is 29.4 Å². The molecule has 104 valence electrons. The van der Waals surface area contributed by atoms with E-state index in [4.69, 9.17) is 5.11 Å². The fourth-order valence-electron chi connectivity index (χ4n) is 1.42. The monoisotopic (exact) mass is 292 g/mol. The number of hydrogen-bond donors (Lipinski definition) is 3. The number of anilines is 1. The smallest absolute Gasteiger partial charge is 0.280 e. The quantitative estimate of drug-likeness (QED) is 0.703. The van der Waals surface area contributed by atoms with Crippen molar-refractivity contribution in [1.29, 1.82) is 0 Å². The van der Waals surface area contributed by atoms with E-state index in [0.717, 1.165) is 0 Å². The lowest BCUT2D eigenvalue weighted by Gasteiger charge is -2.05. The van der Waals surface area contributed by atoms with E-state index < -0.39 is 10.0 Å². The number of nitrogens with one attached hydrogen (secondary N) is 2. The molecular formula is C12H12N4O3S. The Hall–Kier alpha value is -2.37. The summed E-state index contributed by atoms with van der Waals surface area (Å²) in [6.45, 7) is 1.37. The van der Waals surface area contributed by atoms with Crippen LogP contribution >= 0.6 is 0 Å². The average molecular weight is 292 g/mol. The number of aromatic nitrogens is 3. The molecule has 20 heavy (non-hydrogen) atoms. The molecule has 0 unspecified atom stereocenters. The molecule has 0 saturated heterocycles. The second-order valence-electron chi connectivity index (χ2n) is 3.81. The molecule has 0 aliphatic rings. The molecule has 0 amide bonds. The second kappa shape index (κ2) is 5.73. The van der Waals surface area contributed by atoms with E-state index in [9.17, 15) is 8.42 Å². The van der Waals surface area contributed by atoms with Gasteiger partial charge >= 0.3 is 0 Å². The van der Waals surface area contributed by atoms with Crippen molar-refractivity contribution in [3.63, 3.8) is 0 Å². The zero-order chi connectivity index (χ0) is 14.6. The summed E-state index contributed by atoms with van der Waals surface area (Å²) in [4.78, 5) is 10.5. The van der Waals surface area contributed by atoms with Gasteiger partial charge in [-0.2, -0.15) is 8.42 Å². The Morgan fingerprint density at radius 3 is 2.90 bits per heavy atom.